The molecule has 0 aromatic heterocycles. The zero-order chi connectivity index (χ0) is 25.7. The van der Waals surface area contributed by atoms with Crippen LogP contribution in [0.15, 0.2) is 53.4 Å². The molecular weight excluding hydrogens is 478 g/mol. The Morgan fingerprint density at radius 2 is 1.64 bits per heavy atom. The largest absolute Gasteiger partial charge is 0.497 e. The van der Waals surface area contributed by atoms with Crippen LogP contribution in [0.3, 0.4) is 0 Å². The number of benzene rings is 2. The molecule has 2 aliphatic heterocycles. The van der Waals surface area contributed by atoms with Crippen LogP contribution in [0.1, 0.15) is 48.0 Å². The number of hydrogen-bond donors (Lipinski definition) is 1. The Morgan fingerprint density at radius 3 is 2.28 bits per heavy atom. The molecule has 0 radical (unpaired) electrons. The third kappa shape index (κ3) is 5.90. The van der Waals surface area contributed by atoms with Crippen molar-refractivity contribution in [3.63, 3.8) is 0 Å². The summed E-state index contributed by atoms with van der Waals surface area (Å²) >= 11 is 0. The van der Waals surface area contributed by atoms with Gasteiger partial charge in [-0.15, -0.1) is 0 Å². The van der Waals surface area contributed by atoms with Gasteiger partial charge in [0, 0.05) is 31.7 Å². The summed E-state index contributed by atoms with van der Waals surface area (Å²) in [5, 5.41) is 2.99. The summed E-state index contributed by atoms with van der Waals surface area (Å²) in [7, 11) is -2.07. The topological polar surface area (TPSA) is 96.0 Å². The van der Waals surface area contributed by atoms with Gasteiger partial charge in [-0.05, 0) is 75.3 Å². The molecule has 1 atom stereocenters. The normalized spacial score (nSPS) is 18.4. The van der Waals surface area contributed by atoms with Crippen LogP contribution in [-0.2, 0) is 14.8 Å². The molecule has 194 valence electrons. The highest BCUT2D eigenvalue weighted by molar-refractivity contribution is 7.89. The summed E-state index contributed by atoms with van der Waals surface area (Å²) in [4.78, 5) is 28.8. The maximum atomic E-state index is 13.6. The van der Waals surface area contributed by atoms with Crippen molar-refractivity contribution in [3.8, 4) is 5.75 Å². The van der Waals surface area contributed by atoms with Crippen LogP contribution < -0.4 is 10.1 Å². The molecule has 0 unspecified atom stereocenters. The lowest BCUT2D eigenvalue weighted by atomic mass is 9.88. The monoisotopic (exact) mass is 513 g/mol. The van der Waals surface area contributed by atoms with Crippen LogP contribution in [0.4, 0.5) is 0 Å². The molecule has 2 heterocycles. The van der Waals surface area contributed by atoms with Crippen molar-refractivity contribution in [2.45, 2.75) is 50.0 Å². The number of likely N-dealkylation sites (tertiary alicyclic amines) is 1. The first-order valence-corrected chi connectivity index (χ1v) is 14.0. The van der Waals surface area contributed by atoms with Gasteiger partial charge in [0.15, 0.2) is 0 Å². The van der Waals surface area contributed by atoms with Gasteiger partial charge in [-0.2, -0.15) is 4.31 Å². The number of aryl methyl sites for hydroxylation is 1. The first-order chi connectivity index (χ1) is 17.3. The lowest BCUT2D eigenvalue weighted by Gasteiger charge is -2.38. The Kier molecular flexibility index (Phi) is 8.31. The van der Waals surface area contributed by atoms with Crippen molar-refractivity contribution >= 4 is 21.8 Å². The third-order valence-electron chi connectivity index (χ3n) is 7.18. The number of sulfonamides is 1. The van der Waals surface area contributed by atoms with Crippen LogP contribution >= 0.6 is 0 Å². The number of nitrogens with zero attached hydrogens (tertiary/aromatic N) is 2. The number of carbonyl (C=O) groups excluding carboxylic acids is 2. The van der Waals surface area contributed by atoms with Crippen molar-refractivity contribution in [3.05, 3.63) is 59.7 Å². The number of ether oxygens (including phenoxy) is 1. The summed E-state index contributed by atoms with van der Waals surface area (Å²) in [6, 6.07) is 13.0. The molecule has 4 rings (SSSR count). The molecule has 0 aliphatic carbocycles. The lowest BCUT2D eigenvalue weighted by Crippen LogP contribution is -2.55. The van der Waals surface area contributed by atoms with Gasteiger partial charge in [0.05, 0.1) is 12.0 Å². The van der Waals surface area contributed by atoms with Crippen LogP contribution in [0.2, 0.25) is 0 Å². The Labute approximate surface area is 213 Å². The molecule has 36 heavy (non-hydrogen) atoms. The van der Waals surface area contributed by atoms with Gasteiger partial charge in [0.2, 0.25) is 15.9 Å². The summed E-state index contributed by atoms with van der Waals surface area (Å²) in [5.74, 6) is -0.000571. The van der Waals surface area contributed by atoms with Gasteiger partial charge < -0.3 is 15.0 Å². The van der Waals surface area contributed by atoms with Crippen LogP contribution in [0, 0.1) is 12.8 Å². The smallest absolute Gasteiger partial charge is 0.252 e. The van der Waals surface area contributed by atoms with Crippen LogP contribution in [0.25, 0.3) is 0 Å². The van der Waals surface area contributed by atoms with Gasteiger partial charge >= 0.3 is 0 Å². The standard InChI is InChI=1S/C27H35N3O5S/c1-20-9-11-24(12-10-20)36(33,34)30-17-13-21(14-18-30)25(27(32)29-15-4-3-5-16-29)28-26(31)22-7-6-8-23(19-22)35-2/h6-12,19,21,25H,3-5,13-18H2,1-2H3,(H,28,31)/t25-/m1/s1. The fourth-order valence-corrected chi connectivity index (χ4v) is 6.46. The Bertz CT molecular complexity index is 1170. The number of amides is 2. The number of rotatable bonds is 7. The summed E-state index contributed by atoms with van der Waals surface area (Å²) in [6.07, 6.45) is 3.99. The fourth-order valence-electron chi connectivity index (χ4n) is 4.99. The quantitative estimate of drug-likeness (QED) is 0.613. The Morgan fingerprint density at radius 1 is 0.972 bits per heavy atom. The van der Waals surface area contributed by atoms with Gasteiger partial charge in [-0.3, -0.25) is 9.59 Å². The predicted molar refractivity (Wildman–Crippen MR) is 137 cm³/mol. The van der Waals surface area contributed by atoms with Crippen molar-refractivity contribution in [1.29, 1.82) is 0 Å². The molecule has 0 saturated carbocycles. The van der Waals surface area contributed by atoms with E-state index in [1.54, 1.807) is 48.5 Å². The molecule has 2 aromatic rings. The van der Waals surface area contributed by atoms with E-state index in [1.165, 1.54) is 11.4 Å². The molecule has 9 heteroatoms. The highest BCUT2D eigenvalue weighted by atomic mass is 32.2. The highest BCUT2D eigenvalue weighted by Crippen LogP contribution is 2.28. The minimum Gasteiger partial charge on any atom is -0.497 e. The second-order valence-electron chi connectivity index (χ2n) is 9.62. The van der Waals surface area contributed by atoms with Gasteiger partial charge in [0.25, 0.3) is 5.91 Å². The molecular formula is C27H35N3O5S. The summed E-state index contributed by atoms with van der Waals surface area (Å²) in [6.45, 7) is 3.90. The number of piperidine rings is 2. The van der Waals surface area contributed by atoms with E-state index in [0.717, 1.165) is 24.8 Å². The van der Waals surface area contributed by atoms with E-state index in [1.807, 2.05) is 11.8 Å². The van der Waals surface area contributed by atoms with Crippen molar-refractivity contribution in [2.75, 3.05) is 33.3 Å². The third-order valence-corrected chi connectivity index (χ3v) is 9.09. The maximum Gasteiger partial charge on any atom is 0.252 e. The SMILES string of the molecule is COc1cccc(C(=O)N[C@@H](C(=O)N2CCCCC2)C2CCN(S(=O)(=O)c3ccc(C)cc3)CC2)c1. The van der Waals surface area contributed by atoms with E-state index in [2.05, 4.69) is 5.32 Å². The van der Waals surface area contributed by atoms with E-state index < -0.39 is 16.1 Å². The van der Waals surface area contributed by atoms with E-state index in [9.17, 15) is 18.0 Å². The number of carbonyl (C=O) groups is 2. The molecule has 2 saturated heterocycles. The molecule has 1 N–H and O–H groups in total. The van der Waals surface area contributed by atoms with Crippen molar-refractivity contribution in [2.24, 2.45) is 5.92 Å². The molecule has 8 nitrogen and oxygen atoms in total. The van der Waals surface area contributed by atoms with Gasteiger partial charge in [-0.1, -0.05) is 23.8 Å². The van der Waals surface area contributed by atoms with Crippen molar-refractivity contribution < 1.29 is 22.7 Å². The summed E-state index contributed by atoms with van der Waals surface area (Å²) < 4.78 is 33.0. The molecule has 2 fully saturated rings. The van der Waals surface area contributed by atoms with E-state index in [-0.39, 0.29) is 22.6 Å². The molecule has 2 aliphatic rings. The first-order valence-electron chi connectivity index (χ1n) is 12.6. The average molecular weight is 514 g/mol. The summed E-state index contributed by atoms with van der Waals surface area (Å²) in [5.41, 5.74) is 1.42. The van der Waals surface area contributed by atoms with Crippen molar-refractivity contribution in [1.82, 2.24) is 14.5 Å². The minimum absolute atomic E-state index is 0.0780. The molecule has 0 spiro atoms. The van der Waals surface area contributed by atoms with Gasteiger partial charge in [-0.25, -0.2) is 8.42 Å². The van der Waals surface area contributed by atoms with Crippen LogP contribution in [0.5, 0.6) is 5.75 Å². The molecule has 2 aromatic carbocycles. The maximum absolute atomic E-state index is 13.6. The van der Waals surface area contributed by atoms with Crippen LogP contribution in [-0.4, -0.2) is 68.8 Å². The second kappa shape index (κ2) is 11.4. The number of methoxy groups -OCH3 is 1. The predicted octanol–water partition coefficient (Wildman–Crippen LogP) is 3.22. The Balaban J connectivity index is 1.50. The zero-order valence-electron chi connectivity index (χ0n) is 21.0. The van der Waals surface area contributed by atoms with Gasteiger partial charge in [0.1, 0.15) is 11.8 Å². The molecule has 0 bridgehead atoms. The lowest BCUT2D eigenvalue weighted by molar-refractivity contribution is -0.135. The Hall–Kier alpha value is -2.91. The second-order valence-corrected chi connectivity index (χ2v) is 11.6. The highest BCUT2D eigenvalue weighted by Gasteiger charge is 2.38. The number of hydrogen-bond acceptors (Lipinski definition) is 5. The van der Waals surface area contributed by atoms with E-state index in [0.29, 0.717) is 50.3 Å². The number of nitrogens with one attached hydrogen (secondary N) is 1. The zero-order valence-corrected chi connectivity index (χ0v) is 21.8. The van der Waals surface area contributed by atoms with E-state index >= 15 is 0 Å². The average Bonchev–Trinajstić information content (AvgIpc) is 2.92. The first kappa shape index (κ1) is 26.2. The molecule has 2 amide bonds. The fraction of sp³-hybridized carbons (Fsp3) is 0.481. The minimum atomic E-state index is -3.61. The van der Waals surface area contributed by atoms with E-state index in [4.69, 9.17) is 4.74 Å².